The summed E-state index contributed by atoms with van der Waals surface area (Å²) in [7, 11) is 1.60. The number of carbonyl (C=O) groups is 3. The van der Waals surface area contributed by atoms with Crippen molar-refractivity contribution in [2.24, 2.45) is 11.8 Å². The van der Waals surface area contributed by atoms with Crippen LogP contribution in [-0.4, -0.2) is 59.4 Å². The molecule has 0 aliphatic carbocycles. The Morgan fingerprint density at radius 3 is 2.77 bits per heavy atom. The number of aliphatic carboxylic acids is 1. The molecule has 0 saturated carbocycles. The second-order valence-electron chi connectivity index (χ2n) is 6.95. The van der Waals surface area contributed by atoms with Gasteiger partial charge < -0.3 is 14.9 Å². The maximum absolute atomic E-state index is 12.6. The number of benzene rings is 1. The summed E-state index contributed by atoms with van der Waals surface area (Å²) in [5, 5.41) is 9.76. The minimum atomic E-state index is -0.873. The van der Waals surface area contributed by atoms with Crippen molar-refractivity contribution in [3.05, 3.63) is 34.9 Å². The Hall–Kier alpha value is -2.08. The fraction of sp³-hybridized carbons (Fsp3) is 0.526. The van der Waals surface area contributed by atoms with Gasteiger partial charge in [0.25, 0.3) is 0 Å². The molecule has 7 heteroatoms. The fourth-order valence-corrected chi connectivity index (χ4v) is 3.48. The molecule has 142 valence electrons. The predicted molar refractivity (Wildman–Crippen MR) is 98.9 cm³/mol. The number of halogens is 1. The van der Waals surface area contributed by atoms with E-state index in [9.17, 15) is 14.4 Å². The van der Waals surface area contributed by atoms with Gasteiger partial charge in [0.2, 0.25) is 11.8 Å². The Bertz CT molecular complexity index is 679. The fourth-order valence-electron chi connectivity index (χ4n) is 3.27. The van der Waals surface area contributed by atoms with Gasteiger partial charge >= 0.3 is 5.97 Å². The van der Waals surface area contributed by atoms with Gasteiger partial charge in [-0.15, -0.1) is 0 Å². The molecule has 1 aliphatic rings. The Balaban J connectivity index is 1.89. The second kappa shape index (κ2) is 9.03. The summed E-state index contributed by atoms with van der Waals surface area (Å²) in [4.78, 5) is 39.1. The van der Waals surface area contributed by atoms with Crippen molar-refractivity contribution in [2.75, 3.05) is 26.7 Å². The summed E-state index contributed by atoms with van der Waals surface area (Å²) in [6.45, 7) is 2.55. The van der Waals surface area contributed by atoms with E-state index in [-0.39, 0.29) is 30.8 Å². The average molecular weight is 381 g/mol. The number of rotatable bonds is 6. The molecule has 26 heavy (non-hydrogen) atoms. The zero-order chi connectivity index (χ0) is 19.3. The van der Waals surface area contributed by atoms with Gasteiger partial charge in [0.05, 0.1) is 12.5 Å². The maximum Gasteiger partial charge on any atom is 0.308 e. The van der Waals surface area contributed by atoms with Crippen LogP contribution in [0.3, 0.4) is 0 Å². The van der Waals surface area contributed by atoms with Gasteiger partial charge in [0.15, 0.2) is 0 Å². The lowest BCUT2D eigenvalue weighted by molar-refractivity contribution is -0.147. The number of hydrogen-bond donors (Lipinski definition) is 1. The molecule has 1 heterocycles. The van der Waals surface area contributed by atoms with E-state index in [4.69, 9.17) is 16.7 Å². The smallest absolute Gasteiger partial charge is 0.308 e. The Labute approximate surface area is 158 Å². The van der Waals surface area contributed by atoms with E-state index in [0.29, 0.717) is 30.8 Å². The van der Waals surface area contributed by atoms with E-state index in [0.717, 1.165) is 5.56 Å². The van der Waals surface area contributed by atoms with E-state index in [2.05, 4.69) is 0 Å². The molecular formula is C19H25ClN2O4. The van der Waals surface area contributed by atoms with Crippen LogP contribution in [0.5, 0.6) is 0 Å². The van der Waals surface area contributed by atoms with Crippen molar-refractivity contribution in [3.63, 3.8) is 0 Å². The number of carboxylic acids is 1. The van der Waals surface area contributed by atoms with E-state index < -0.39 is 11.9 Å². The summed E-state index contributed by atoms with van der Waals surface area (Å²) in [6.07, 6.45) is 1.80. The van der Waals surface area contributed by atoms with Gasteiger partial charge in [-0.2, -0.15) is 0 Å². The molecule has 1 aliphatic heterocycles. The molecule has 2 rings (SSSR count). The van der Waals surface area contributed by atoms with Crippen molar-refractivity contribution in [1.82, 2.24) is 9.80 Å². The zero-order valence-corrected chi connectivity index (χ0v) is 15.9. The molecular weight excluding hydrogens is 356 g/mol. The van der Waals surface area contributed by atoms with Crippen molar-refractivity contribution in [1.29, 1.82) is 0 Å². The molecule has 0 bridgehead atoms. The minimum absolute atomic E-state index is 0.0366. The topological polar surface area (TPSA) is 77.9 Å². The molecule has 1 aromatic carbocycles. The standard InChI is InChI=1S/C19H25ClN2O4/c1-13(9-14-5-3-7-16(20)10-14)18(24)21(2)12-17(23)22-8-4-6-15(11-22)19(25)26/h3,5,7,10,13,15H,4,6,8-9,11-12H2,1-2H3,(H,25,26). The van der Waals surface area contributed by atoms with Crippen LogP contribution < -0.4 is 0 Å². The normalized spacial score (nSPS) is 18.3. The number of nitrogens with zero attached hydrogens (tertiary/aromatic N) is 2. The highest BCUT2D eigenvalue weighted by molar-refractivity contribution is 6.30. The number of piperidine rings is 1. The average Bonchev–Trinajstić information content (AvgIpc) is 2.61. The third-order valence-electron chi connectivity index (χ3n) is 4.72. The van der Waals surface area contributed by atoms with Gasteiger partial charge in [-0.3, -0.25) is 14.4 Å². The first-order valence-electron chi connectivity index (χ1n) is 8.78. The lowest BCUT2D eigenvalue weighted by Gasteiger charge is -2.32. The zero-order valence-electron chi connectivity index (χ0n) is 15.2. The summed E-state index contributed by atoms with van der Waals surface area (Å²) in [5.41, 5.74) is 0.971. The van der Waals surface area contributed by atoms with Crippen LogP contribution in [0, 0.1) is 11.8 Å². The first-order chi connectivity index (χ1) is 12.3. The first kappa shape index (κ1) is 20.2. The van der Waals surface area contributed by atoms with Crippen LogP contribution in [0.1, 0.15) is 25.3 Å². The minimum Gasteiger partial charge on any atom is -0.481 e. The maximum atomic E-state index is 12.6. The second-order valence-corrected chi connectivity index (χ2v) is 7.38. The van der Waals surface area contributed by atoms with Crippen LogP contribution in [0.4, 0.5) is 0 Å². The van der Waals surface area contributed by atoms with Crippen LogP contribution in [0.25, 0.3) is 0 Å². The largest absolute Gasteiger partial charge is 0.481 e. The SMILES string of the molecule is CC(Cc1cccc(Cl)c1)C(=O)N(C)CC(=O)N1CCCC(C(=O)O)C1. The lowest BCUT2D eigenvalue weighted by Crippen LogP contribution is -2.47. The highest BCUT2D eigenvalue weighted by Crippen LogP contribution is 2.18. The van der Waals surface area contributed by atoms with Gasteiger partial charge in [-0.05, 0) is 37.0 Å². The molecule has 6 nitrogen and oxygen atoms in total. The number of carbonyl (C=O) groups excluding carboxylic acids is 2. The van der Waals surface area contributed by atoms with Crippen molar-refractivity contribution in [3.8, 4) is 0 Å². The molecule has 1 saturated heterocycles. The number of carboxylic acid groups (broad SMARTS) is 1. The van der Waals surface area contributed by atoms with E-state index in [1.807, 2.05) is 25.1 Å². The monoisotopic (exact) mass is 380 g/mol. The highest BCUT2D eigenvalue weighted by atomic mass is 35.5. The summed E-state index contributed by atoms with van der Waals surface area (Å²) in [6, 6.07) is 7.37. The Morgan fingerprint density at radius 2 is 2.12 bits per heavy atom. The van der Waals surface area contributed by atoms with Crippen LogP contribution in [0.2, 0.25) is 5.02 Å². The van der Waals surface area contributed by atoms with E-state index in [1.54, 1.807) is 18.0 Å². The van der Waals surface area contributed by atoms with Gasteiger partial charge in [0, 0.05) is 31.1 Å². The molecule has 1 N–H and O–H groups in total. The molecule has 1 fully saturated rings. The quantitative estimate of drug-likeness (QED) is 0.821. The molecule has 2 amide bonds. The number of likely N-dealkylation sites (tertiary alicyclic amines) is 1. The van der Waals surface area contributed by atoms with Gasteiger partial charge in [-0.1, -0.05) is 30.7 Å². The summed E-state index contributed by atoms with van der Waals surface area (Å²) >= 11 is 5.97. The third kappa shape index (κ3) is 5.46. The summed E-state index contributed by atoms with van der Waals surface area (Å²) in [5.74, 6) is -2.00. The number of likely N-dealkylation sites (N-methyl/N-ethyl adjacent to an activating group) is 1. The Morgan fingerprint density at radius 1 is 1.38 bits per heavy atom. The number of hydrogen-bond acceptors (Lipinski definition) is 3. The predicted octanol–water partition coefficient (Wildman–Crippen LogP) is 2.30. The van der Waals surface area contributed by atoms with Crippen molar-refractivity contribution >= 4 is 29.4 Å². The highest BCUT2D eigenvalue weighted by Gasteiger charge is 2.29. The van der Waals surface area contributed by atoms with E-state index >= 15 is 0 Å². The molecule has 0 radical (unpaired) electrons. The van der Waals surface area contributed by atoms with Gasteiger partial charge in [-0.25, -0.2) is 0 Å². The third-order valence-corrected chi connectivity index (χ3v) is 4.96. The first-order valence-corrected chi connectivity index (χ1v) is 9.15. The lowest BCUT2D eigenvalue weighted by atomic mass is 9.98. The van der Waals surface area contributed by atoms with Crippen LogP contribution in [-0.2, 0) is 20.8 Å². The van der Waals surface area contributed by atoms with Crippen LogP contribution in [0.15, 0.2) is 24.3 Å². The van der Waals surface area contributed by atoms with E-state index in [1.165, 1.54) is 4.90 Å². The molecule has 1 aromatic rings. The molecule has 0 spiro atoms. The van der Waals surface area contributed by atoms with Crippen molar-refractivity contribution < 1.29 is 19.5 Å². The molecule has 2 atom stereocenters. The molecule has 0 aromatic heterocycles. The Kier molecular flexibility index (Phi) is 7.03. The summed E-state index contributed by atoms with van der Waals surface area (Å²) < 4.78 is 0. The number of amides is 2. The van der Waals surface area contributed by atoms with Gasteiger partial charge in [0.1, 0.15) is 0 Å². The van der Waals surface area contributed by atoms with Crippen LogP contribution >= 0.6 is 11.6 Å². The van der Waals surface area contributed by atoms with Crippen molar-refractivity contribution in [2.45, 2.75) is 26.2 Å². The molecule has 2 unspecified atom stereocenters.